The van der Waals surface area contributed by atoms with E-state index in [0.717, 1.165) is 0 Å². The average Bonchev–Trinajstić information content (AvgIpc) is 1.25. The molecule has 8 heavy (non-hydrogen) atoms. The van der Waals surface area contributed by atoms with Gasteiger partial charge in [-0.25, -0.2) is 0 Å². The fourth-order valence-corrected chi connectivity index (χ4v) is 0. The van der Waals surface area contributed by atoms with Crippen LogP contribution in [0.25, 0.3) is 0 Å². The second-order valence-electron chi connectivity index (χ2n) is 1.17. The molecule has 5 heteroatoms. The molecule has 0 saturated carbocycles. The third-order valence-electron chi connectivity index (χ3n) is 0. The van der Waals surface area contributed by atoms with E-state index in [0.29, 0.717) is 0 Å². The van der Waals surface area contributed by atoms with Crippen molar-refractivity contribution in [2.24, 2.45) is 0 Å². The summed E-state index contributed by atoms with van der Waals surface area (Å²) in [7, 11) is 0. The van der Waals surface area contributed by atoms with Gasteiger partial charge in [0.05, 0.1) is 5.09 Å². The maximum absolute atomic E-state index is 8.25. The van der Waals surface area contributed by atoms with E-state index in [1.165, 1.54) is 0 Å². The van der Waals surface area contributed by atoms with E-state index < -0.39 is 5.09 Å². The Morgan fingerprint density at radius 2 is 1.25 bits per heavy atom. The fourth-order valence-electron chi connectivity index (χ4n) is 0. The molecule has 0 fully saturated rings. The van der Waals surface area contributed by atoms with Crippen molar-refractivity contribution >= 4 is 0 Å². The molecule has 55 valence electrons. The van der Waals surface area contributed by atoms with Gasteiger partial charge in [0.1, 0.15) is 0 Å². The molecular formula is C3H9NO3Pt-. The van der Waals surface area contributed by atoms with Gasteiger partial charge in [0, 0.05) is 0 Å². The van der Waals surface area contributed by atoms with E-state index in [1.807, 2.05) is 0 Å². The van der Waals surface area contributed by atoms with Gasteiger partial charge in [-0.05, 0) is 0 Å². The molecule has 0 aromatic carbocycles. The molecule has 0 saturated heterocycles. The van der Waals surface area contributed by atoms with Crippen molar-refractivity contribution in [3.8, 4) is 0 Å². The molecule has 0 aromatic rings. The van der Waals surface area contributed by atoms with Crippen LogP contribution in [0.1, 0.15) is 0 Å². The molecule has 0 unspecified atom stereocenters. The van der Waals surface area contributed by atoms with Crippen molar-refractivity contribution in [1.82, 2.24) is 0 Å². The first kappa shape index (κ1) is 10.8. The summed E-state index contributed by atoms with van der Waals surface area (Å²) in [5, 5.41) is 21.7. The molecule has 0 rings (SSSR count). The Balaban J connectivity index is 0. The van der Waals surface area contributed by atoms with Gasteiger partial charge in [0.15, 0.2) is 0 Å². The van der Waals surface area contributed by atoms with Crippen molar-refractivity contribution in [3.05, 3.63) is 15.3 Å². The van der Waals surface area contributed by atoms with Gasteiger partial charge in [0.2, 0.25) is 0 Å². The molecule has 0 spiro atoms. The Labute approximate surface area is 54.2 Å². The second-order valence-corrected chi connectivity index (χ2v) is 7.99. The van der Waals surface area contributed by atoms with Crippen molar-refractivity contribution in [2.45, 2.75) is 15.9 Å². The Kier molecular flexibility index (Phi) is 9.30. The first-order valence-electron chi connectivity index (χ1n) is 1.50. The van der Waals surface area contributed by atoms with Gasteiger partial charge >= 0.3 is 33.3 Å². The van der Waals surface area contributed by atoms with E-state index in [2.05, 4.69) is 15.9 Å². The van der Waals surface area contributed by atoms with Crippen LogP contribution in [0.5, 0.6) is 0 Å². The minimum atomic E-state index is -1.75. The number of hydrogen-bond acceptors (Lipinski definition) is 3. The van der Waals surface area contributed by atoms with Crippen LogP contribution >= 0.6 is 0 Å². The zero-order valence-electron chi connectivity index (χ0n) is 4.99. The summed E-state index contributed by atoms with van der Waals surface area (Å²) in [6, 6.07) is 0. The van der Waals surface area contributed by atoms with Gasteiger partial charge in [0.25, 0.3) is 0 Å². The van der Waals surface area contributed by atoms with Crippen molar-refractivity contribution in [2.75, 3.05) is 0 Å². The monoisotopic (exact) mass is 302 g/mol. The van der Waals surface area contributed by atoms with E-state index in [4.69, 9.17) is 15.3 Å². The van der Waals surface area contributed by atoms with E-state index in [-0.39, 0.29) is 17.3 Å². The SMILES string of the molecule is O=[N+]([O-])[O-].[CH3][Pt]([CH3])[CH3]. The normalized spacial score (nSPS) is 8.62. The van der Waals surface area contributed by atoms with Gasteiger partial charge < -0.3 is 15.3 Å². The van der Waals surface area contributed by atoms with Crippen LogP contribution in [0.15, 0.2) is 0 Å². The summed E-state index contributed by atoms with van der Waals surface area (Å²) in [6.45, 7) is 0. The van der Waals surface area contributed by atoms with Crippen LogP contribution < -0.4 is 0 Å². The molecule has 0 aromatic heterocycles. The molecule has 0 N–H and O–H groups in total. The van der Waals surface area contributed by atoms with Gasteiger partial charge in [-0.3, -0.25) is 0 Å². The number of hydrogen-bond donors (Lipinski definition) is 0. The molecule has 0 aliphatic carbocycles. The summed E-state index contributed by atoms with van der Waals surface area (Å²) in [4.78, 5) is 8.25. The molecular weight excluding hydrogens is 293 g/mol. The van der Waals surface area contributed by atoms with E-state index >= 15 is 0 Å². The topological polar surface area (TPSA) is 66.2 Å². The first-order valence-corrected chi connectivity index (χ1v) is 8.31. The predicted octanol–water partition coefficient (Wildman–Crippen LogP) is 1.51. The molecule has 0 amide bonds. The Hall–Kier alpha value is -0.112. The van der Waals surface area contributed by atoms with Crippen LogP contribution in [0, 0.1) is 15.3 Å². The van der Waals surface area contributed by atoms with Gasteiger partial charge in [-0.15, -0.1) is 0 Å². The molecule has 0 atom stereocenters. The first-order chi connectivity index (χ1) is 3.46. The molecule has 0 aliphatic heterocycles. The summed E-state index contributed by atoms with van der Waals surface area (Å²) < 4.78 is 0. The Morgan fingerprint density at radius 3 is 1.25 bits per heavy atom. The number of nitrogens with zero attached hydrogens (tertiary/aromatic N) is 1. The number of rotatable bonds is 0. The Bertz CT molecular complexity index is 58.8. The van der Waals surface area contributed by atoms with Crippen molar-refractivity contribution < 1.29 is 22.4 Å². The molecule has 4 nitrogen and oxygen atoms in total. The van der Waals surface area contributed by atoms with Gasteiger partial charge in [-0.2, -0.15) is 0 Å². The third kappa shape index (κ3) is 11300. The van der Waals surface area contributed by atoms with Crippen molar-refractivity contribution in [3.63, 3.8) is 0 Å². The van der Waals surface area contributed by atoms with Crippen LogP contribution in [0.2, 0.25) is 15.9 Å². The van der Waals surface area contributed by atoms with Gasteiger partial charge in [-0.1, -0.05) is 0 Å². The quantitative estimate of drug-likeness (QED) is 0.503. The van der Waals surface area contributed by atoms with Crippen LogP contribution in [-0.4, -0.2) is 5.09 Å². The van der Waals surface area contributed by atoms with Crippen LogP contribution in [0.3, 0.4) is 0 Å². The molecule has 0 heterocycles. The molecule has 0 aliphatic rings. The fraction of sp³-hybridized carbons (Fsp3) is 1.00. The van der Waals surface area contributed by atoms with Crippen LogP contribution in [0.4, 0.5) is 0 Å². The maximum atomic E-state index is 8.25. The van der Waals surface area contributed by atoms with E-state index in [9.17, 15) is 0 Å². The predicted molar refractivity (Wildman–Crippen MR) is 28.0 cm³/mol. The van der Waals surface area contributed by atoms with Crippen molar-refractivity contribution in [1.29, 1.82) is 0 Å². The molecule has 0 bridgehead atoms. The van der Waals surface area contributed by atoms with Crippen LogP contribution in [-0.2, 0) is 17.3 Å². The Morgan fingerprint density at radius 1 is 1.25 bits per heavy atom. The average molecular weight is 302 g/mol. The summed E-state index contributed by atoms with van der Waals surface area (Å²) in [5.41, 5.74) is 0. The minimum absolute atomic E-state index is 0.269. The zero-order chi connectivity index (χ0) is 7.15. The zero-order valence-corrected chi connectivity index (χ0v) is 7.26. The summed E-state index contributed by atoms with van der Waals surface area (Å²) in [5.74, 6) is 0. The standard InChI is InChI=1S/3CH3.NO3.Pt/c;;;2-1(3)4;/h3*1H3;;/q;;;-1;. The third-order valence-corrected chi connectivity index (χ3v) is 0. The summed E-state index contributed by atoms with van der Waals surface area (Å²) >= 11 is -0.269. The summed E-state index contributed by atoms with van der Waals surface area (Å²) in [6.07, 6.45) is 0. The van der Waals surface area contributed by atoms with E-state index in [1.54, 1.807) is 0 Å². The molecule has 0 radical (unpaired) electrons. The second kappa shape index (κ2) is 6.89.